The quantitative estimate of drug-likeness (QED) is 0.812. The topological polar surface area (TPSA) is 64.9 Å². The van der Waals surface area contributed by atoms with E-state index in [9.17, 15) is 0 Å². The molecular weight excluding hydrogens is 190 g/mol. The molecule has 0 aliphatic carbocycles. The third kappa shape index (κ3) is 1.70. The van der Waals surface area contributed by atoms with Crippen LogP contribution in [0.15, 0.2) is 22.8 Å². The van der Waals surface area contributed by atoms with Gasteiger partial charge in [-0.2, -0.15) is 0 Å². The highest BCUT2D eigenvalue weighted by Crippen LogP contribution is 2.24. The summed E-state index contributed by atoms with van der Waals surface area (Å²) < 4.78 is 5.31. The van der Waals surface area contributed by atoms with Crippen LogP contribution in [-0.4, -0.2) is 9.97 Å². The van der Waals surface area contributed by atoms with Gasteiger partial charge in [0.2, 0.25) is 0 Å². The number of furan rings is 1. The van der Waals surface area contributed by atoms with E-state index in [4.69, 9.17) is 10.2 Å². The lowest BCUT2D eigenvalue weighted by atomic mass is 10.2. The number of nitrogens with two attached hydrogens (primary N) is 1. The van der Waals surface area contributed by atoms with Crippen molar-refractivity contribution in [2.75, 3.05) is 5.73 Å². The highest BCUT2D eigenvalue weighted by Gasteiger charge is 2.11. The molecule has 4 heteroatoms. The summed E-state index contributed by atoms with van der Waals surface area (Å²) in [7, 11) is 0. The van der Waals surface area contributed by atoms with E-state index in [0.717, 1.165) is 29.3 Å². The van der Waals surface area contributed by atoms with Crippen molar-refractivity contribution < 1.29 is 4.42 Å². The zero-order valence-corrected chi connectivity index (χ0v) is 8.82. The Hall–Kier alpha value is -1.84. The molecule has 2 heterocycles. The third-order valence-corrected chi connectivity index (χ3v) is 2.30. The average molecular weight is 203 g/mol. The maximum atomic E-state index is 5.81. The number of anilines is 1. The van der Waals surface area contributed by atoms with Crippen LogP contribution >= 0.6 is 0 Å². The van der Waals surface area contributed by atoms with Crippen LogP contribution in [-0.2, 0) is 6.42 Å². The van der Waals surface area contributed by atoms with Crippen LogP contribution in [0.2, 0.25) is 0 Å². The second-order valence-corrected chi connectivity index (χ2v) is 3.33. The van der Waals surface area contributed by atoms with Crippen molar-refractivity contribution in [3.05, 3.63) is 29.8 Å². The van der Waals surface area contributed by atoms with Gasteiger partial charge in [-0.1, -0.05) is 6.92 Å². The molecule has 15 heavy (non-hydrogen) atoms. The summed E-state index contributed by atoms with van der Waals surface area (Å²) in [5, 5.41) is 0. The van der Waals surface area contributed by atoms with Gasteiger partial charge in [0, 0.05) is 12.0 Å². The van der Waals surface area contributed by atoms with E-state index >= 15 is 0 Å². The molecule has 0 spiro atoms. The van der Waals surface area contributed by atoms with E-state index in [0.29, 0.717) is 5.82 Å². The summed E-state index contributed by atoms with van der Waals surface area (Å²) in [4.78, 5) is 8.60. The lowest BCUT2D eigenvalue weighted by molar-refractivity contribution is 0.579. The van der Waals surface area contributed by atoms with E-state index < -0.39 is 0 Å². The van der Waals surface area contributed by atoms with Crippen LogP contribution in [0.3, 0.4) is 0 Å². The van der Waals surface area contributed by atoms with Gasteiger partial charge >= 0.3 is 0 Å². The molecule has 0 amide bonds. The third-order valence-electron chi connectivity index (χ3n) is 2.30. The molecule has 2 rings (SSSR count). The molecule has 2 aromatic heterocycles. The minimum Gasteiger partial charge on any atom is -0.463 e. The maximum absolute atomic E-state index is 5.81. The lowest BCUT2D eigenvalue weighted by Crippen LogP contribution is -2.03. The van der Waals surface area contributed by atoms with Crippen molar-refractivity contribution in [2.24, 2.45) is 0 Å². The molecule has 0 unspecified atom stereocenters. The monoisotopic (exact) mass is 203 g/mol. The summed E-state index contributed by atoms with van der Waals surface area (Å²) in [6.45, 7) is 3.89. The zero-order valence-electron chi connectivity index (χ0n) is 8.82. The summed E-state index contributed by atoms with van der Waals surface area (Å²) >= 11 is 0. The number of hydrogen-bond donors (Lipinski definition) is 1. The fraction of sp³-hybridized carbons (Fsp3) is 0.273. The molecule has 2 N–H and O–H groups in total. The van der Waals surface area contributed by atoms with Gasteiger partial charge in [-0.05, 0) is 19.1 Å². The molecule has 0 radical (unpaired) electrons. The highest BCUT2D eigenvalue weighted by atomic mass is 16.3. The van der Waals surface area contributed by atoms with E-state index in [1.54, 1.807) is 6.26 Å². The van der Waals surface area contributed by atoms with Crippen LogP contribution in [0.1, 0.15) is 18.3 Å². The number of rotatable bonds is 2. The summed E-state index contributed by atoms with van der Waals surface area (Å²) in [5.74, 6) is 1.99. The van der Waals surface area contributed by atoms with Gasteiger partial charge in [-0.25, -0.2) is 9.97 Å². The minimum absolute atomic E-state index is 0.522. The van der Waals surface area contributed by atoms with Gasteiger partial charge in [0.1, 0.15) is 17.3 Å². The normalized spacial score (nSPS) is 10.5. The van der Waals surface area contributed by atoms with Crippen LogP contribution in [0, 0.1) is 6.92 Å². The molecule has 0 aliphatic heterocycles. The summed E-state index contributed by atoms with van der Waals surface area (Å²) in [6, 6.07) is 3.70. The Morgan fingerprint density at radius 2 is 2.20 bits per heavy atom. The molecule has 4 nitrogen and oxygen atoms in total. The molecule has 0 saturated heterocycles. The van der Waals surface area contributed by atoms with Gasteiger partial charge in [-0.15, -0.1) is 0 Å². The van der Waals surface area contributed by atoms with Crippen molar-refractivity contribution in [2.45, 2.75) is 20.3 Å². The smallest absolute Gasteiger partial charge is 0.152 e. The highest BCUT2D eigenvalue weighted by molar-refractivity contribution is 5.62. The molecule has 0 fully saturated rings. The predicted octanol–water partition coefficient (Wildman–Crippen LogP) is 2.19. The fourth-order valence-corrected chi connectivity index (χ4v) is 1.39. The molecule has 0 aromatic carbocycles. The Morgan fingerprint density at radius 1 is 1.40 bits per heavy atom. The first-order chi connectivity index (χ1) is 7.22. The summed E-state index contributed by atoms with van der Waals surface area (Å²) in [6.07, 6.45) is 2.39. The number of nitrogens with zero attached hydrogens (tertiary/aromatic N) is 2. The van der Waals surface area contributed by atoms with E-state index in [2.05, 4.69) is 9.97 Å². The Labute approximate surface area is 88.2 Å². The Balaban J connectivity index is 2.60. The molecule has 78 valence electrons. The number of aromatic nitrogens is 2. The van der Waals surface area contributed by atoms with Gasteiger partial charge in [0.05, 0.1) is 6.26 Å². The maximum Gasteiger partial charge on any atom is 0.152 e. The molecule has 0 atom stereocenters. The van der Waals surface area contributed by atoms with E-state index in [1.807, 2.05) is 26.0 Å². The lowest BCUT2D eigenvalue weighted by Gasteiger charge is -2.06. The molecule has 0 saturated carbocycles. The second kappa shape index (κ2) is 3.73. The molecule has 2 aromatic rings. The Bertz CT molecular complexity index is 463. The molecule has 0 aliphatic rings. The van der Waals surface area contributed by atoms with Crippen molar-refractivity contribution >= 4 is 5.82 Å². The van der Waals surface area contributed by atoms with Gasteiger partial charge in [0.15, 0.2) is 5.76 Å². The van der Waals surface area contributed by atoms with Crippen LogP contribution in [0.4, 0.5) is 5.82 Å². The standard InChI is InChI=1S/C11H13N3O/c1-3-9-13-10(7(2)11(12)14-9)8-5-4-6-15-8/h4-6H,3H2,1-2H3,(H2,12,13,14). The van der Waals surface area contributed by atoms with Crippen molar-refractivity contribution in [1.82, 2.24) is 9.97 Å². The van der Waals surface area contributed by atoms with Crippen molar-refractivity contribution in [1.29, 1.82) is 0 Å². The Kier molecular flexibility index (Phi) is 2.41. The molecular formula is C11H13N3O. The first-order valence-corrected chi connectivity index (χ1v) is 4.89. The Morgan fingerprint density at radius 3 is 2.80 bits per heavy atom. The van der Waals surface area contributed by atoms with Gasteiger partial charge in [0.25, 0.3) is 0 Å². The number of nitrogen functional groups attached to an aromatic ring is 1. The number of hydrogen-bond acceptors (Lipinski definition) is 4. The number of aryl methyl sites for hydroxylation is 1. The van der Waals surface area contributed by atoms with E-state index in [1.165, 1.54) is 0 Å². The minimum atomic E-state index is 0.522. The first kappa shape index (κ1) is 9.71. The van der Waals surface area contributed by atoms with Crippen LogP contribution < -0.4 is 5.73 Å². The first-order valence-electron chi connectivity index (χ1n) is 4.89. The largest absolute Gasteiger partial charge is 0.463 e. The molecule has 0 bridgehead atoms. The SMILES string of the molecule is CCc1nc(N)c(C)c(-c2ccco2)n1. The van der Waals surface area contributed by atoms with Crippen molar-refractivity contribution in [3.8, 4) is 11.5 Å². The summed E-state index contributed by atoms with van der Waals surface area (Å²) in [5.41, 5.74) is 7.46. The van der Waals surface area contributed by atoms with Crippen LogP contribution in [0.5, 0.6) is 0 Å². The zero-order chi connectivity index (χ0) is 10.8. The van der Waals surface area contributed by atoms with Gasteiger partial charge in [-0.3, -0.25) is 0 Å². The second-order valence-electron chi connectivity index (χ2n) is 3.33. The van der Waals surface area contributed by atoms with E-state index in [-0.39, 0.29) is 0 Å². The fourth-order valence-electron chi connectivity index (χ4n) is 1.39. The average Bonchev–Trinajstić information content (AvgIpc) is 2.75. The van der Waals surface area contributed by atoms with Crippen molar-refractivity contribution in [3.63, 3.8) is 0 Å². The predicted molar refractivity (Wildman–Crippen MR) is 58.3 cm³/mol. The van der Waals surface area contributed by atoms with Gasteiger partial charge < -0.3 is 10.2 Å². The van der Waals surface area contributed by atoms with Crippen LogP contribution in [0.25, 0.3) is 11.5 Å².